The highest BCUT2D eigenvalue weighted by molar-refractivity contribution is 5.80. The van der Waals surface area contributed by atoms with Gasteiger partial charge in [-0.1, -0.05) is 26.0 Å². The van der Waals surface area contributed by atoms with Crippen LogP contribution in [0.15, 0.2) is 29.3 Å². The average molecular weight is 418 g/mol. The van der Waals surface area contributed by atoms with Gasteiger partial charge in [0.25, 0.3) is 0 Å². The van der Waals surface area contributed by atoms with Crippen molar-refractivity contribution >= 4 is 5.96 Å². The minimum Gasteiger partial charge on any atom is -0.497 e. The number of methoxy groups -OCH3 is 1. The number of aliphatic imine (C=N–C) groups is 1. The van der Waals surface area contributed by atoms with Crippen LogP contribution in [0.2, 0.25) is 0 Å². The molecule has 0 amide bonds. The van der Waals surface area contributed by atoms with Gasteiger partial charge in [0, 0.05) is 45.8 Å². The van der Waals surface area contributed by atoms with Gasteiger partial charge in [-0.25, -0.2) is 0 Å². The van der Waals surface area contributed by atoms with Crippen molar-refractivity contribution in [1.29, 1.82) is 0 Å². The summed E-state index contributed by atoms with van der Waals surface area (Å²) in [5.74, 6) is 1.91. The summed E-state index contributed by atoms with van der Waals surface area (Å²) in [5, 5.41) is 3.67. The highest BCUT2D eigenvalue weighted by atomic mass is 16.5. The van der Waals surface area contributed by atoms with Crippen LogP contribution in [0.1, 0.15) is 31.9 Å². The minimum atomic E-state index is 0.268. The predicted molar refractivity (Wildman–Crippen MR) is 122 cm³/mol. The van der Waals surface area contributed by atoms with E-state index in [1.165, 1.54) is 12.0 Å². The van der Waals surface area contributed by atoms with Crippen molar-refractivity contribution in [3.63, 3.8) is 0 Å². The number of nitrogens with zero attached hydrogens (tertiary/aromatic N) is 4. The first-order valence-corrected chi connectivity index (χ1v) is 11.4. The minimum absolute atomic E-state index is 0.268. The zero-order valence-corrected chi connectivity index (χ0v) is 19.1. The second-order valence-electron chi connectivity index (χ2n) is 7.98. The van der Waals surface area contributed by atoms with E-state index in [9.17, 15) is 0 Å². The molecule has 0 bridgehead atoms. The maximum Gasteiger partial charge on any atom is 0.193 e. The van der Waals surface area contributed by atoms with E-state index in [4.69, 9.17) is 9.47 Å². The zero-order valence-electron chi connectivity index (χ0n) is 19.1. The molecular weight excluding hydrogens is 378 g/mol. The lowest BCUT2D eigenvalue weighted by Gasteiger charge is -2.33. The van der Waals surface area contributed by atoms with Crippen molar-refractivity contribution in [2.75, 3.05) is 73.2 Å². The van der Waals surface area contributed by atoms with E-state index in [-0.39, 0.29) is 6.04 Å². The lowest BCUT2D eigenvalue weighted by Crippen LogP contribution is -2.48. The third kappa shape index (κ3) is 5.65. The van der Waals surface area contributed by atoms with Crippen LogP contribution in [0.5, 0.6) is 5.75 Å². The molecule has 30 heavy (non-hydrogen) atoms. The monoisotopic (exact) mass is 417 g/mol. The Morgan fingerprint density at radius 3 is 2.70 bits per heavy atom. The fourth-order valence-electron chi connectivity index (χ4n) is 4.67. The van der Waals surface area contributed by atoms with Crippen molar-refractivity contribution in [1.82, 2.24) is 20.0 Å². The number of ether oxygens (including phenoxy) is 2. The molecule has 0 aromatic heterocycles. The van der Waals surface area contributed by atoms with Gasteiger partial charge in [-0.15, -0.1) is 0 Å². The fourth-order valence-corrected chi connectivity index (χ4v) is 4.67. The maximum absolute atomic E-state index is 5.52. The van der Waals surface area contributed by atoms with Gasteiger partial charge in [0.2, 0.25) is 0 Å². The van der Waals surface area contributed by atoms with Gasteiger partial charge < -0.3 is 19.7 Å². The number of hydrogen-bond donors (Lipinski definition) is 1. The second-order valence-corrected chi connectivity index (χ2v) is 7.98. The molecular formula is C23H39N5O2. The largest absolute Gasteiger partial charge is 0.497 e. The van der Waals surface area contributed by atoms with Crippen LogP contribution in [-0.2, 0) is 4.74 Å². The Hall–Kier alpha value is -1.83. The van der Waals surface area contributed by atoms with Gasteiger partial charge in [-0.05, 0) is 37.2 Å². The fraction of sp³-hybridized carbons (Fsp3) is 0.696. The van der Waals surface area contributed by atoms with Gasteiger partial charge >= 0.3 is 0 Å². The summed E-state index contributed by atoms with van der Waals surface area (Å²) in [6.07, 6.45) is 1.19. The van der Waals surface area contributed by atoms with Crippen LogP contribution in [0, 0.1) is 0 Å². The van der Waals surface area contributed by atoms with Gasteiger partial charge in [-0.3, -0.25) is 14.8 Å². The number of hydrogen-bond acceptors (Lipinski definition) is 5. The topological polar surface area (TPSA) is 52.6 Å². The summed E-state index contributed by atoms with van der Waals surface area (Å²) in [6.45, 7) is 13.2. The molecule has 0 radical (unpaired) electrons. The first-order chi connectivity index (χ1) is 14.7. The predicted octanol–water partition coefficient (Wildman–Crippen LogP) is 2.06. The SMILES string of the molecule is CCN(CC)C(CNC(=NC)N1CCC(N2CCOCC2)C1)c1cccc(OC)c1. The molecule has 0 aliphatic carbocycles. The lowest BCUT2D eigenvalue weighted by atomic mass is 10.0. The highest BCUT2D eigenvalue weighted by Crippen LogP contribution is 2.24. The molecule has 2 aliphatic rings. The van der Waals surface area contributed by atoms with E-state index in [0.29, 0.717) is 6.04 Å². The van der Waals surface area contributed by atoms with Crippen LogP contribution in [0.4, 0.5) is 0 Å². The van der Waals surface area contributed by atoms with Crippen molar-refractivity contribution in [2.24, 2.45) is 4.99 Å². The van der Waals surface area contributed by atoms with E-state index in [0.717, 1.165) is 70.7 Å². The van der Waals surface area contributed by atoms with Gasteiger partial charge in [0.05, 0.1) is 26.4 Å². The Balaban J connectivity index is 1.64. The average Bonchev–Trinajstić information content (AvgIpc) is 3.29. The highest BCUT2D eigenvalue weighted by Gasteiger charge is 2.30. The molecule has 2 fully saturated rings. The third-order valence-electron chi connectivity index (χ3n) is 6.42. The Morgan fingerprint density at radius 1 is 1.27 bits per heavy atom. The van der Waals surface area contributed by atoms with Crippen molar-refractivity contribution in [3.8, 4) is 5.75 Å². The molecule has 1 aromatic carbocycles. The summed E-state index contributed by atoms with van der Waals surface area (Å²) in [5.41, 5.74) is 1.27. The normalized spacial score (nSPS) is 21.8. The van der Waals surface area contributed by atoms with Crippen LogP contribution in [-0.4, -0.2) is 99.9 Å². The Bertz CT molecular complexity index is 673. The van der Waals surface area contributed by atoms with Gasteiger partial charge in [0.1, 0.15) is 5.75 Å². The summed E-state index contributed by atoms with van der Waals surface area (Å²) < 4.78 is 11.0. The number of morpholine rings is 1. The number of benzene rings is 1. The summed E-state index contributed by atoms with van der Waals surface area (Å²) in [6, 6.07) is 9.30. The van der Waals surface area contributed by atoms with E-state index in [1.807, 2.05) is 13.1 Å². The van der Waals surface area contributed by atoms with E-state index in [1.54, 1.807) is 7.11 Å². The van der Waals surface area contributed by atoms with Crippen LogP contribution in [0.25, 0.3) is 0 Å². The molecule has 1 N–H and O–H groups in total. The number of guanidine groups is 1. The number of nitrogens with one attached hydrogen (secondary N) is 1. The Kier molecular flexibility index (Phi) is 8.78. The van der Waals surface area contributed by atoms with E-state index >= 15 is 0 Å². The van der Waals surface area contributed by atoms with Crippen LogP contribution < -0.4 is 10.1 Å². The molecule has 0 spiro atoms. The van der Waals surface area contributed by atoms with Crippen molar-refractivity contribution in [3.05, 3.63) is 29.8 Å². The molecule has 2 heterocycles. The smallest absolute Gasteiger partial charge is 0.193 e. The number of rotatable bonds is 8. The summed E-state index contributed by atoms with van der Waals surface area (Å²) in [4.78, 5) is 12.1. The number of likely N-dealkylation sites (tertiary alicyclic amines) is 1. The van der Waals surface area contributed by atoms with E-state index < -0.39 is 0 Å². The molecule has 1 aromatic rings. The van der Waals surface area contributed by atoms with Gasteiger partial charge in [-0.2, -0.15) is 0 Å². The maximum atomic E-state index is 5.52. The molecule has 2 aliphatic heterocycles. The Morgan fingerprint density at radius 2 is 2.03 bits per heavy atom. The van der Waals surface area contributed by atoms with Gasteiger partial charge in [0.15, 0.2) is 5.96 Å². The molecule has 7 nitrogen and oxygen atoms in total. The van der Waals surface area contributed by atoms with Crippen molar-refractivity contribution < 1.29 is 9.47 Å². The quantitative estimate of drug-likeness (QED) is 0.516. The molecule has 2 saturated heterocycles. The summed E-state index contributed by atoms with van der Waals surface area (Å²) in [7, 11) is 3.62. The van der Waals surface area contributed by atoms with E-state index in [2.05, 4.69) is 57.1 Å². The molecule has 3 rings (SSSR count). The standard InChI is InChI=1S/C23H39N5O2/c1-5-26(6-2)22(19-8-7-9-21(16-19)29-4)17-25-23(24-3)28-11-10-20(18-28)27-12-14-30-15-13-27/h7-9,16,20,22H,5-6,10-15,17-18H2,1-4H3,(H,24,25). The number of likely N-dealkylation sites (N-methyl/N-ethyl adjacent to an activating group) is 1. The van der Waals surface area contributed by atoms with Crippen molar-refractivity contribution in [2.45, 2.75) is 32.4 Å². The van der Waals surface area contributed by atoms with Crippen LogP contribution in [0.3, 0.4) is 0 Å². The lowest BCUT2D eigenvalue weighted by molar-refractivity contribution is 0.0194. The molecule has 2 atom stereocenters. The molecule has 2 unspecified atom stereocenters. The first kappa shape index (κ1) is 22.8. The first-order valence-electron chi connectivity index (χ1n) is 11.4. The molecule has 7 heteroatoms. The summed E-state index contributed by atoms with van der Waals surface area (Å²) >= 11 is 0. The third-order valence-corrected chi connectivity index (χ3v) is 6.42. The molecule has 168 valence electrons. The van der Waals surface area contributed by atoms with Crippen LogP contribution >= 0.6 is 0 Å². The zero-order chi connectivity index (χ0) is 21.3. The Labute approximate surface area is 182 Å². The molecule has 0 saturated carbocycles. The second kappa shape index (κ2) is 11.5.